The van der Waals surface area contributed by atoms with E-state index in [1.165, 1.54) is 93.5 Å². The van der Waals surface area contributed by atoms with Gasteiger partial charge in [0, 0.05) is 15.8 Å². The van der Waals surface area contributed by atoms with Crippen molar-refractivity contribution < 1.29 is 0 Å². The van der Waals surface area contributed by atoms with E-state index in [0.717, 1.165) is 0 Å². The first-order valence-electron chi connectivity index (χ1n) is 8.87. The van der Waals surface area contributed by atoms with Gasteiger partial charge in [-0.25, -0.2) is 0 Å². The molecule has 0 radical (unpaired) electrons. The van der Waals surface area contributed by atoms with Crippen LogP contribution in [0.15, 0.2) is 0 Å². The molecule has 0 saturated heterocycles. The monoisotopic (exact) mass is 285 g/mol. The minimum Gasteiger partial charge on any atom is -0.312 e. The van der Waals surface area contributed by atoms with Gasteiger partial charge in [-0.1, -0.05) is 70.8 Å². The highest BCUT2D eigenvalue weighted by Gasteiger charge is 2.15. The highest BCUT2D eigenvalue weighted by molar-refractivity contribution is 6.08. The molecule has 0 amide bonds. The second-order valence-electron chi connectivity index (χ2n) is 6.74. The lowest BCUT2D eigenvalue weighted by Crippen LogP contribution is -2.39. The van der Waals surface area contributed by atoms with Crippen molar-refractivity contribution in [3.8, 4) is 0 Å². The zero-order valence-corrected chi connectivity index (χ0v) is 16.2. The van der Waals surface area contributed by atoms with Crippen LogP contribution in [0.4, 0.5) is 0 Å². The third-order valence-corrected chi connectivity index (χ3v) is 4.75. The molecule has 0 saturated carbocycles. The highest BCUT2D eigenvalue weighted by atomic mass is 28.1. The fourth-order valence-electron chi connectivity index (χ4n) is 2.57. The third kappa shape index (κ3) is 14.4. The first kappa shape index (κ1) is 19.2. The number of hydrogen-bond acceptors (Lipinski definition) is 1. The zero-order valence-electron chi connectivity index (χ0n) is 14.2. The molecule has 0 aliphatic carbocycles. The molecule has 0 unspecified atom stereocenters. The Morgan fingerprint density at radius 3 is 1.84 bits per heavy atom. The maximum absolute atomic E-state index is 3.71. The topological polar surface area (TPSA) is 12.0 Å². The van der Waals surface area contributed by atoms with Crippen molar-refractivity contribution in [2.24, 2.45) is 0 Å². The predicted octanol–water partition coefficient (Wildman–Crippen LogP) is 4.45. The summed E-state index contributed by atoms with van der Waals surface area (Å²) < 4.78 is 0. The quantitative estimate of drug-likeness (QED) is 0.367. The zero-order chi connectivity index (χ0) is 14.4. The Morgan fingerprint density at radius 2 is 1.32 bits per heavy atom. The minimum atomic E-state index is 0.359. The van der Waals surface area contributed by atoms with Gasteiger partial charge in [0.1, 0.15) is 0 Å². The smallest absolute Gasteiger partial charge is 0.0125 e. The van der Waals surface area contributed by atoms with Crippen molar-refractivity contribution >= 4 is 10.2 Å². The Labute approximate surface area is 125 Å². The lowest BCUT2D eigenvalue weighted by atomic mass is 9.96. The SMILES string of the molecule is CCCCCCCCCCCC(C)(C)NCCC[SiH3]. The van der Waals surface area contributed by atoms with E-state index in [1.54, 1.807) is 0 Å². The summed E-state index contributed by atoms with van der Waals surface area (Å²) in [6.45, 7) is 8.24. The van der Waals surface area contributed by atoms with E-state index in [9.17, 15) is 0 Å². The number of nitrogens with one attached hydrogen (secondary N) is 1. The van der Waals surface area contributed by atoms with Crippen LogP contribution in [0.1, 0.15) is 91.4 Å². The number of rotatable bonds is 14. The molecule has 0 rings (SSSR count). The Balaban J connectivity index is 3.27. The van der Waals surface area contributed by atoms with E-state index < -0.39 is 0 Å². The summed E-state index contributed by atoms with van der Waals surface area (Å²) in [6.07, 6.45) is 15.6. The molecule has 2 heteroatoms. The Bertz CT molecular complexity index is 180. The Morgan fingerprint density at radius 1 is 0.789 bits per heavy atom. The van der Waals surface area contributed by atoms with E-state index in [0.29, 0.717) is 5.54 Å². The van der Waals surface area contributed by atoms with Crippen LogP contribution in [0.3, 0.4) is 0 Å². The van der Waals surface area contributed by atoms with Crippen LogP contribution in [0, 0.1) is 0 Å². The summed E-state index contributed by atoms with van der Waals surface area (Å²) >= 11 is 0. The molecular weight excluding hydrogens is 246 g/mol. The normalized spacial score (nSPS) is 12.2. The molecule has 0 atom stereocenters. The van der Waals surface area contributed by atoms with Gasteiger partial charge in [0.15, 0.2) is 0 Å². The fourth-order valence-corrected chi connectivity index (χ4v) is 2.92. The van der Waals surface area contributed by atoms with Crippen molar-refractivity contribution in [1.29, 1.82) is 0 Å². The predicted molar refractivity (Wildman–Crippen MR) is 93.3 cm³/mol. The average Bonchev–Trinajstić information content (AvgIpc) is 2.37. The molecule has 1 nitrogen and oxygen atoms in total. The molecule has 1 N–H and O–H groups in total. The number of hydrogen-bond donors (Lipinski definition) is 1. The van der Waals surface area contributed by atoms with Crippen LogP contribution in [0.5, 0.6) is 0 Å². The van der Waals surface area contributed by atoms with Crippen LogP contribution >= 0.6 is 0 Å². The van der Waals surface area contributed by atoms with Gasteiger partial charge in [-0.15, -0.1) is 0 Å². The molecule has 0 heterocycles. The summed E-state index contributed by atoms with van der Waals surface area (Å²) in [5.41, 5.74) is 0.359. The lowest BCUT2D eigenvalue weighted by Gasteiger charge is -2.26. The Hall–Kier alpha value is 0.177. The van der Waals surface area contributed by atoms with E-state index in [2.05, 4.69) is 26.1 Å². The van der Waals surface area contributed by atoms with Crippen LogP contribution < -0.4 is 5.32 Å². The maximum atomic E-state index is 3.71. The number of unbranched alkanes of at least 4 members (excludes halogenated alkanes) is 8. The fraction of sp³-hybridized carbons (Fsp3) is 1.00. The van der Waals surface area contributed by atoms with E-state index in [1.807, 2.05) is 0 Å². The molecule has 19 heavy (non-hydrogen) atoms. The van der Waals surface area contributed by atoms with Crippen molar-refractivity contribution in [2.45, 2.75) is 103 Å². The van der Waals surface area contributed by atoms with E-state index >= 15 is 0 Å². The van der Waals surface area contributed by atoms with Crippen LogP contribution in [0.2, 0.25) is 6.04 Å². The van der Waals surface area contributed by atoms with Gasteiger partial charge in [-0.2, -0.15) is 0 Å². The first-order valence-corrected chi connectivity index (χ1v) is 10.3. The van der Waals surface area contributed by atoms with Crippen molar-refractivity contribution in [3.05, 3.63) is 0 Å². The van der Waals surface area contributed by atoms with Crippen LogP contribution in [-0.4, -0.2) is 22.3 Å². The van der Waals surface area contributed by atoms with Crippen LogP contribution in [-0.2, 0) is 0 Å². The molecular formula is C17H39NSi. The summed E-state index contributed by atoms with van der Waals surface area (Å²) in [5.74, 6) is 0. The van der Waals surface area contributed by atoms with Crippen LogP contribution in [0.25, 0.3) is 0 Å². The van der Waals surface area contributed by atoms with Gasteiger partial charge in [-0.05, 0) is 33.2 Å². The summed E-state index contributed by atoms with van der Waals surface area (Å²) in [5, 5.41) is 3.71. The van der Waals surface area contributed by atoms with Gasteiger partial charge >= 0.3 is 0 Å². The van der Waals surface area contributed by atoms with Crippen molar-refractivity contribution in [2.75, 3.05) is 6.54 Å². The molecule has 0 aromatic heterocycles. The van der Waals surface area contributed by atoms with Gasteiger partial charge < -0.3 is 5.32 Å². The first-order chi connectivity index (χ1) is 9.12. The maximum Gasteiger partial charge on any atom is 0.0125 e. The standard InChI is InChI=1S/C17H39NSi/c1-4-5-6-7-8-9-10-11-12-14-17(2,3)18-15-13-16-19/h18H,4-16H2,1-3,19H3. The average molecular weight is 286 g/mol. The molecule has 0 aromatic carbocycles. The molecule has 116 valence electrons. The molecule has 0 aliphatic heterocycles. The van der Waals surface area contributed by atoms with E-state index in [-0.39, 0.29) is 0 Å². The van der Waals surface area contributed by atoms with E-state index in [4.69, 9.17) is 0 Å². The molecule has 0 aliphatic rings. The summed E-state index contributed by atoms with van der Waals surface area (Å²) in [6, 6.07) is 1.43. The minimum absolute atomic E-state index is 0.359. The van der Waals surface area contributed by atoms with Gasteiger partial charge in [0.25, 0.3) is 0 Å². The lowest BCUT2D eigenvalue weighted by molar-refractivity contribution is 0.347. The second-order valence-corrected chi connectivity index (χ2v) is 7.74. The van der Waals surface area contributed by atoms with Gasteiger partial charge in [-0.3, -0.25) is 0 Å². The molecule has 0 bridgehead atoms. The highest BCUT2D eigenvalue weighted by Crippen LogP contribution is 2.16. The van der Waals surface area contributed by atoms with Gasteiger partial charge in [0.2, 0.25) is 0 Å². The second kappa shape index (κ2) is 13.2. The van der Waals surface area contributed by atoms with Crippen molar-refractivity contribution in [3.63, 3.8) is 0 Å². The summed E-state index contributed by atoms with van der Waals surface area (Å²) in [7, 11) is 1.35. The molecule has 0 spiro atoms. The summed E-state index contributed by atoms with van der Waals surface area (Å²) in [4.78, 5) is 0. The third-order valence-electron chi connectivity index (χ3n) is 4.04. The molecule has 0 aromatic rings. The molecule has 0 fully saturated rings. The largest absolute Gasteiger partial charge is 0.312 e. The Kier molecular flexibility index (Phi) is 13.3. The van der Waals surface area contributed by atoms with Crippen molar-refractivity contribution in [1.82, 2.24) is 5.32 Å². The van der Waals surface area contributed by atoms with Gasteiger partial charge in [0.05, 0.1) is 0 Å².